The van der Waals surface area contributed by atoms with Crippen molar-refractivity contribution in [1.29, 1.82) is 0 Å². The molecule has 0 rings (SSSR count). The third-order valence-corrected chi connectivity index (χ3v) is 0. The first-order valence-electron chi connectivity index (χ1n) is 2.83. The zero-order valence-corrected chi connectivity index (χ0v) is 22.7. The summed E-state index contributed by atoms with van der Waals surface area (Å²) in [5, 5.41) is 101. The topological polar surface area (TPSA) is 277 Å². The van der Waals surface area contributed by atoms with Gasteiger partial charge in [-0.2, -0.15) is 0 Å². The average molecular weight is 695 g/mol. The van der Waals surface area contributed by atoms with Crippen LogP contribution < -0.4 is 60.3 Å². The predicted octanol–water partition coefficient (Wildman–Crippen LogP) is -17.3. The van der Waals surface area contributed by atoms with E-state index in [9.17, 15) is 0 Å². The second-order valence-electron chi connectivity index (χ2n) is 1.15. The first-order chi connectivity index (χ1) is 6.93. The van der Waals surface area contributed by atoms with Gasteiger partial charge in [0.25, 0.3) is 0 Å². The molecular formula is B4In4O12. The van der Waals surface area contributed by atoms with Crippen molar-refractivity contribution in [2.45, 2.75) is 0 Å². The Morgan fingerprint density at radius 2 is 0.250 bits per heavy atom. The predicted molar refractivity (Wildman–Crippen MR) is 46.0 cm³/mol. The zero-order valence-electron chi connectivity index (χ0n) is 9.52. The van der Waals surface area contributed by atoms with Crippen LogP contribution in [0.2, 0.25) is 0 Å². The van der Waals surface area contributed by atoms with Crippen molar-refractivity contribution >= 4 is 133 Å². The van der Waals surface area contributed by atoms with E-state index in [1.807, 2.05) is 0 Å². The van der Waals surface area contributed by atoms with Gasteiger partial charge in [0.1, 0.15) is 0 Å². The van der Waals surface area contributed by atoms with Gasteiger partial charge in [0.2, 0.25) is 0 Å². The summed E-state index contributed by atoms with van der Waals surface area (Å²) in [5.41, 5.74) is 0. The maximum atomic E-state index is 8.42. The van der Waals surface area contributed by atoms with Gasteiger partial charge in [-0.05, 0) is 0 Å². The number of hydrogen-bond donors (Lipinski definition) is 0. The molecule has 0 amide bonds. The molecule has 0 saturated heterocycles. The Hall–Kier alpha value is 3.26. The van der Waals surface area contributed by atoms with Crippen LogP contribution in [0.1, 0.15) is 0 Å². The van der Waals surface area contributed by atoms with Crippen molar-refractivity contribution in [2.75, 3.05) is 0 Å². The van der Waals surface area contributed by atoms with Crippen molar-refractivity contribution in [3.8, 4) is 0 Å². The van der Waals surface area contributed by atoms with E-state index in [2.05, 4.69) is 0 Å². The Bertz CT molecular complexity index is 70.4. The van der Waals surface area contributed by atoms with Gasteiger partial charge in [0, 0.05) is 0 Å². The molecule has 0 heterocycles. The van der Waals surface area contributed by atoms with Gasteiger partial charge >= 0.3 is 103 Å². The fourth-order valence-corrected chi connectivity index (χ4v) is 0. The minimum Gasteiger partial charge on any atom is -0.907 e. The Labute approximate surface area is 190 Å². The van der Waals surface area contributed by atoms with Crippen LogP contribution in [0.15, 0.2) is 0 Å². The molecule has 20 heavy (non-hydrogen) atoms. The quantitative estimate of drug-likeness (QED) is 0.214. The molecule has 0 aliphatic rings. The van der Waals surface area contributed by atoms with Crippen molar-refractivity contribution in [2.24, 2.45) is 0 Å². The second-order valence-corrected chi connectivity index (χ2v) is 1.15. The summed E-state index contributed by atoms with van der Waals surface area (Å²) < 4.78 is 0. The van der Waals surface area contributed by atoms with Crippen LogP contribution in [-0.2, 0) is 0 Å². The van der Waals surface area contributed by atoms with Crippen LogP contribution in [-0.4, -0.2) is 133 Å². The fourth-order valence-electron chi connectivity index (χ4n) is 0. The van der Waals surface area contributed by atoms with E-state index in [-0.39, 0.29) is 103 Å². The van der Waals surface area contributed by atoms with Crippen LogP contribution in [0.3, 0.4) is 0 Å². The fraction of sp³-hybridized carbons (Fsp3) is 0. The summed E-state index contributed by atoms with van der Waals surface area (Å²) in [6.45, 7) is 0. The van der Waals surface area contributed by atoms with Crippen LogP contribution in [0.25, 0.3) is 0 Å². The van der Waals surface area contributed by atoms with Gasteiger partial charge in [-0.1, -0.05) is 0 Å². The van der Waals surface area contributed by atoms with Crippen LogP contribution >= 0.6 is 0 Å². The Balaban J connectivity index is -0.0000000150. The summed E-state index contributed by atoms with van der Waals surface area (Å²) in [6, 6.07) is 0. The first kappa shape index (κ1) is 49.5. The van der Waals surface area contributed by atoms with Crippen LogP contribution in [0.4, 0.5) is 0 Å². The molecule has 0 saturated carbocycles. The molecule has 96 valence electrons. The molecule has 0 bridgehead atoms. The van der Waals surface area contributed by atoms with Crippen LogP contribution in [0, 0.1) is 0 Å². The molecule has 0 fully saturated rings. The molecule has 0 aromatic carbocycles. The summed E-state index contributed by atoms with van der Waals surface area (Å²) in [4.78, 5) is 0. The van der Waals surface area contributed by atoms with Crippen molar-refractivity contribution < 1.29 is 60.3 Å². The van der Waals surface area contributed by atoms with Gasteiger partial charge < -0.3 is 60.3 Å². The van der Waals surface area contributed by atoms with E-state index in [0.717, 1.165) is 0 Å². The molecule has 0 radical (unpaired) electrons. The summed E-state index contributed by atoms with van der Waals surface area (Å²) >= 11 is 0. The molecular weight excluding hydrogens is 695 g/mol. The van der Waals surface area contributed by atoms with E-state index < -0.39 is 29.3 Å². The van der Waals surface area contributed by atoms with Gasteiger partial charge in [-0.15, -0.1) is 0 Å². The molecule has 0 unspecified atom stereocenters. The van der Waals surface area contributed by atoms with E-state index in [0.29, 0.717) is 0 Å². The first-order valence-corrected chi connectivity index (χ1v) is 2.83. The van der Waals surface area contributed by atoms with Gasteiger partial charge in [0.15, 0.2) is 0 Å². The Morgan fingerprint density at radius 1 is 0.250 bits per heavy atom. The van der Waals surface area contributed by atoms with E-state index in [1.165, 1.54) is 0 Å². The minimum atomic E-state index is -2.92. The summed E-state index contributed by atoms with van der Waals surface area (Å²) in [7, 11) is -11.7. The third-order valence-electron chi connectivity index (χ3n) is 0. The van der Waals surface area contributed by atoms with Gasteiger partial charge in [0.05, 0.1) is 0 Å². The number of rotatable bonds is 0. The maximum Gasteiger partial charge on any atom is 3.00 e. The van der Waals surface area contributed by atoms with Gasteiger partial charge in [-0.25, -0.2) is 0 Å². The molecule has 0 aromatic heterocycles. The molecule has 0 aliphatic carbocycles. The van der Waals surface area contributed by atoms with Crippen molar-refractivity contribution in [1.82, 2.24) is 0 Å². The largest absolute Gasteiger partial charge is 3.00 e. The Kier molecular flexibility index (Phi) is 107. The standard InChI is InChI=1S/4BO3.4In/c4*2-1(3)4;;;;/q4*-3;4*+3. The zero-order chi connectivity index (χ0) is 14.3. The Morgan fingerprint density at radius 3 is 0.250 bits per heavy atom. The third kappa shape index (κ3) is 821. The molecule has 0 aromatic rings. The smallest absolute Gasteiger partial charge is 0.907 e. The van der Waals surface area contributed by atoms with Crippen molar-refractivity contribution in [3.05, 3.63) is 0 Å². The molecule has 0 atom stereocenters. The number of hydrogen-bond acceptors (Lipinski definition) is 12. The molecule has 0 aliphatic heterocycles. The van der Waals surface area contributed by atoms with E-state index in [1.54, 1.807) is 0 Å². The minimum absolute atomic E-state index is 0. The SMILES string of the molecule is [In+3].[In+3].[In+3].[In+3].[O-]B([O-])[O-].[O-]B([O-])[O-].[O-]B([O-])[O-].[O-]B([O-])[O-]. The summed E-state index contributed by atoms with van der Waals surface area (Å²) in [5.74, 6) is 0. The van der Waals surface area contributed by atoms with E-state index >= 15 is 0 Å². The van der Waals surface area contributed by atoms with E-state index in [4.69, 9.17) is 60.3 Å². The molecule has 20 heteroatoms. The summed E-state index contributed by atoms with van der Waals surface area (Å²) in [6.07, 6.45) is 0. The monoisotopic (exact) mass is 696 g/mol. The maximum absolute atomic E-state index is 8.42. The molecule has 0 spiro atoms. The normalized spacial score (nSPS) is 5.40. The molecule has 0 N–H and O–H groups in total. The van der Waals surface area contributed by atoms with Crippen molar-refractivity contribution in [3.63, 3.8) is 0 Å². The second kappa shape index (κ2) is 43.2. The van der Waals surface area contributed by atoms with Gasteiger partial charge in [-0.3, -0.25) is 29.3 Å². The van der Waals surface area contributed by atoms with Crippen LogP contribution in [0.5, 0.6) is 0 Å². The average Bonchev–Trinajstić information content (AvgIpc) is 1.76. The molecule has 12 nitrogen and oxygen atoms in total.